The third kappa shape index (κ3) is 6.90. The molecule has 0 bridgehead atoms. The Morgan fingerprint density at radius 3 is 2.14 bits per heavy atom. The first-order valence-corrected chi connectivity index (χ1v) is 11.8. The van der Waals surface area contributed by atoms with E-state index < -0.39 is 5.92 Å². The van der Waals surface area contributed by atoms with E-state index >= 15 is 0 Å². The monoisotopic (exact) mass is 475 g/mol. The Balaban J connectivity index is 1.45. The van der Waals surface area contributed by atoms with Crippen LogP contribution in [0, 0.1) is 24.6 Å². The van der Waals surface area contributed by atoms with E-state index in [1.54, 1.807) is 12.1 Å². The zero-order valence-electron chi connectivity index (χ0n) is 19.7. The van der Waals surface area contributed by atoms with Crippen LogP contribution >= 0.6 is 0 Å². The predicted octanol–water partition coefficient (Wildman–Crippen LogP) is 4.23. The van der Waals surface area contributed by atoms with E-state index in [0.29, 0.717) is 38.3 Å². The minimum atomic E-state index is -0.402. The van der Waals surface area contributed by atoms with Crippen molar-refractivity contribution in [3.05, 3.63) is 95.3 Å². The molecule has 0 unspecified atom stereocenters. The summed E-state index contributed by atoms with van der Waals surface area (Å²) in [4.78, 5) is 28.3. The van der Waals surface area contributed by atoms with Gasteiger partial charge in [0.15, 0.2) is 0 Å². The van der Waals surface area contributed by atoms with Crippen LogP contribution in [0.15, 0.2) is 72.8 Å². The Labute approximate surface area is 204 Å². The number of benzene rings is 3. The van der Waals surface area contributed by atoms with Gasteiger partial charge >= 0.3 is 0 Å². The van der Waals surface area contributed by atoms with Gasteiger partial charge in [-0.05, 0) is 60.9 Å². The van der Waals surface area contributed by atoms with Crippen LogP contribution in [0.1, 0.15) is 23.1 Å². The summed E-state index contributed by atoms with van der Waals surface area (Å²) in [6, 6.07) is 20.6. The number of phenols is 1. The maximum Gasteiger partial charge on any atom is 0.228 e. The second kappa shape index (κ2) is 11.1. The highest BCUT2D eigenvalue weighted by molar-refractivity contribution is 5.93. The number of carbonyl (C=O) groups is 2. The molecule has 3 aromatic carbocycles. The van der Waals surface area contributed by atoms with Gasteiger partial charge in [0.1, 0.15) is 11.6 Å². The van der Waals surface area contributed by atoms with Gasteiger partial charge in [-0.3, -0.25) is 14.5 Å². The second-order valence-electron chi connectivity index (χ2n) is 9.19. The van der Waals surface area contributed by atoms with E-state index in [1.807, 2.05) is 43.3 Å². The van der Waals surface area contributed by atoms with Crippen molar-refractivity contribution in [2.45, 2.75) is 26.4 Å². The zero-order chi connectivity index (χ0) is 24.8. The molecule has 3 aromatic rings. The quantitative estimate of drug-likeness (QED) is 0.478. The van der Waals surface area contributed by atoms with Crippen LogP contribution in [0.2, 0.25) is 0 Å². The average molecular weight is 476 g/mol. The second-order valence-corrected chi connectivity index (χ2v) is 9.19. The van der Waals surface area contributed by atoms with E-state index in [-0.39, 0.29) is 29.3 Å². The minimum absolute atomic E-state index is 0.0828. The molecule has 35 heavy (non-hydrogen) atoms. The lowest BCUT2D eigenvalue weighted by Crippen LogP contribution is -2.48. The van der Waals surface area contributed by atoms with Crippen molar-refractivity contribution in [3.63, 3.8) is 0 Å². The Bertz CT molecular complexity index is 1150. The van der Waals surface area contributed by atoms with Gasteiger partial charge in [-0.2, -0.15) is 0 Å². The Morgan fingerprint density at radius 2 is 1.49 bits per heavy atom. The molecule has 6 nitrogen and oxygen atoms in total. The van der Waals surface area contributed by atoms with Crippen molar-refractivity contribution in [1.82, 2.24) is 10.2 Å². The van der Waals surface area contributed by atoms with Crippen molar-refractivity contribution < 1.29 is 19.1 Å². The molecular formula is C28H30FN3O3. The first-order valence-electron chi connectivity index (χ1n) is 11.8. The first-order chi connectivity index (χ1) is 16.9. The molecule has 0 aliphatic carbocycles. The molecule has 2 atom stereocenters. The minimum Gasteiger partial charge on any atom is -0.508 e. The maximum absolute atomic E-state index is 13.2. The van der Waals surface area contributed by atoms with E-state index in [2.05, 4.69) is 15.5 Å². The SMILES string of the molecule is Cc1ccc(CNC(=O)[C@H]2C[C@@H](C(=O)Nc3ccc(F)cc3)CN(Cc3ccc(O)cc3)C2)cc1. The number of aryl methyl sites for hydroxylation is 1. The summed E-state index contributed by atoms with van der Waals surface area (Å²) >= 11 is 0. The molecule has 0 saturated carbocycles. The number of hydrogen-bond donors (Lipinski definition) is 3. The summed E-state index contributed by atoms with van der Waals surface area (Å²) in [6.45, 7) is 4.03. The fourth-order valence-electron chi connectivity index (χ4n) is 4.38. The first kappa shape index (κ1) is 24.4. The number of aromatic hydroxyl groups is 1. The number of hydrogen-bond acceptors (Lipinski definition) is 4. The molecule has 4 rings (SSSR count). The number of anilines is 1. The van der Waals surface area contributed by atoms with Crippen molar-refractivity contribution in [2.24, 2.45) is 11.8 Å². The third-order valence-electron chi connectivity index (χ3n) is 6.31. The number of rotatable bonds is 7. The van der Waals surface area contributed by atoms with Crippen LogP contribution < -0.4 is 10.6 Å². The van der Waals surface area contributed by atoms with E-state index in [4.69, 9.17) is 0 Å². The lowest BCUT2D eigenvalue weighted by molar-refractivity contribution is -0.130. The molecule has 2 amide bonds. The Morgan fingerprint density at radius 1 is 0.886 bits per heavy atom. The predicted molar refractivity (Wildman–Crippen MR) is 133 cm³/mol. The smallest absolute Gasteiger partial charge is 0.228 e. The summed E-state index contributed by atoms with van der Waals surface area (Å²) in [5.74, 6) is -1.21. The molecule has 1 fully saturated rings. The molecule has 182 valence electrons. The van der Waals surface area contributed by atoms with Crippen molar-refractivity contribution in [2.75, 3.05) is 18.4 Å². The van der Waals surface area contributed by atoms with Crippen molar-refractivity contribution in [3.8, 4) is 5.75 Å². The summed E-state index contributed by atoms with van der Waals surface area (Å²) < 4.78 is 13.2. The molecule has 0 aromatic heterocycles. The van der Waals surface area contributed by atoms with Gasteiger partial charge in [0.25, 0.3) is 0 Å². The maximum atomic E-state index is 13.2. The highest BCUT2D eigenvalue weighted by Gasteiger charge is 2.35. The number of halogens is 1. The average Bonchev–Trinajstić information content (AvgIpc) is 2.86. The van der Waals surface area contributed by atoms with Gasteiger partial charge < -0.3 is 15.7 Å². The van der Waals surface area contributed by atoms with Gasteiger partial charge in [0.05, 0.1) is 11.8 Å². The number of likely N-dealkylation sites (tertiary alicyclic amines) is 1. The van der Waals surface area contributed by atoms with Gasteiger partial charge in [0.2, 0.25) is 11.8 Å². The third-order valence-corrected chi connectivity index (χ3v) is 6.31. The molecule has 3 N–H and O–H groups in total. The number of nitrogens with one attached hydrogen (secondary N) is 2. The summed E-state index contributed by atoms with van der Waals surface area (Å²) in [6.07, 6.45) is 0.429. The normalized spacial score (nSPS) is 18.1. The van der Waals surface area contributed by atoms with Gasteiger partial charge in [-0.15, -0.1) is 0 Å². The molecule has 1 aliphatic heterocycles. The molecular weight excluding hydrogens is 445 g/mol. The summed E-state index contributed by atoms with van der Waals surface area (Å²) in [5, 5.41) is 15.5. The van der Waals surface area contributed by atoms with Gasteiger partial charge in [-0.25, -0.2) is 4.39 Å². The number of amides is 2. The lowest BCUT2D eigenvalue weighted by Gasteiger charge is -2.36. The number of phenolic OH excluding ortho intramolecular Hbond substituents is 1. The van der Waals surface area contributed by atoms with Crippen LogP contribution in [0.25, 0.3) is 0 Å². The van der Waals surface area contributed by atoms with E-state index in [0.717, 1.165) is 16.7 Å². The topological polar surface area (TPSA) is 81.7 Å². The standard InChI is InChI=1S/C28H30FN3O3/c1-19-2-4-20(5-3-19)15-30-27(34)22-14-23(28(35)31-25-10-8-24(29)9-11-25)18-32(17-22)16-21-6-12-26(33)13-7-21/h2-13,22-23,33H,14-18H2,1H3,(H,30,34)(H,31,35)/t22-,23+/m0/s1. The van der Waals surface area contributed by atoms with Crippen LogP contribution in [0.5, 0.6) is 5.75 Å². The van der Waals surface area contributed by atoms with E-state index in [9.17, 15) is 19.1 Å². The van der Waals surface area contributed by atoms with Crippen LogP contribution in [0.4, 0.5) is 10.1 Å². The molecule has 0 radical (unpaired) electrons. The van der Waals surface area contributed by atoms with Crippen LogP contribution in [-0.2, 0) is 22.7 Å². The lowest BCUT2D eigenvalue weighted by atomic mass is 9.87. The van der Waals surface area contributed by atoms with Crippen molar-refractivity contribution in [1.29, 1.82) is 0 Å². The number of piperidine rings is 1. The van der Waals surface area contributed by atoms with Crippen LogP contribution in [-0.4, -0.2) is 34.9 Å². The molecule has 0 spiro atoms. The van der Waals surface area contributed by atoms with E-state index in [1.165, 1.54) is 24.3 Å². The largest absolute Gasteiger partial charge is 0.508 e. The summed E-state index contributed by atoms with van der Waals surface area (Å²) in [5.41, 5.74) is 3.69. The molecule has 1 saturated heterocycles. The van der Waals surface area contributed by atoms with Gasteiger partial charge in [-0.1, -0.05) is 42.0 Å². The number of carbonyl (C=O) groups excluding carboxylic acids is 2. The van der Waals surface area contributed by atoms with Gasteiger partial charge in [0, 0.05) is 31.9 Å². The highest BCUT2D eigenvalue weighted by atomic mass is 19.1. The highest BCUT2D eigenvalue weighted by Crippen LogP contribution is 2.26. The summed E-state index contributed by atoms with van der Waals surface area (Å²) in [7, 11) is 0. The Kier molecular flexibility index (Phi) is 7.77. The van der Waals surface area contributed by atoms with Crippen molar-refractivity contribution >= 4 is 17.5 Å². The Hall–Kier alpha value is -3.71. The fourth-order valence-corrected chi connectivity index (χ4v) is 4.38. The molecule has 1 aliphatic rings. The number of nitrogens with zero attached hydrogens (tertiary/aromatic N) is 1. The fraction of sp³-hybridized carbons (Fsp3) is 0.286. The molecule has 7 heteroatoms. The zero-order valence-corrected chi connectivity index (χ0v) is 19.7. The van der Waals surface area contributed by atoms with Crippen LogP contribution in [0.3, 0.4) is 0 Å². The molecule has 1 heterocycles.